The van der Waals surface area contributed by atoms with Crippen LogP contribution in [0.4, 0.5) is 29.3 Å². The number of ether oxygens (including phenoxy) is 1. The van der Waals surface area contributed by atoms with Gasteiger partial charge in [-0.25, -0.2) is 14.2 Å². The van der Waals surface area contributed by atoms with Crippen LogP contribution in [-0.2, 0) is 33.8 Å². The minimum Gasteiger partial charge on any atom is -0.542 e. The molecule has 15 nitrogen and oxygen atoms in total. The molecule has 4 N–H and O–H groups in total. The molecule has 5 rings (SSSR count). The van der Waals surface area contributed by atoms with E-state index in [0.717, 1.165) is 9.84 Å². The van der Waals surface area contributed by atoms with E-state index >= 15 is 0 Å². The molecule has 0 unspecified atom stereocenters. The number of hydrogen-bond acceptors (Lipinski definition) is 10. The normalized spacial score (nSPS) is 11.7. The molecule has 1 atom stereocenters. The second-order valence-corrected chi connectivity index (χ2v) is 13.5. The van der Waals surface area contributed by atoms with Crippen LogP contribution in [0.15, 0.2) is 85.2 Å². The second kappa shape index (κ2) is 17.5. The predicted molar refractivity (Wildman–Crippen MR) is 190 cm³/mol. The molecule has 5 aromatic rings. The van der Waals surface area contributed by atoms with Crippen LogP contribution < -0.4 is 20.6 Å². The number of carbonyl (C=O) groups is 4. The van der Waals surface area contributed by atoms with Gasteiger partial charge in [0.15, 0.2) is 5.69 Å². The zero-order chi connectivity index (χ0) is 40.6. The number of para-hydroxylation sites is 1. The average Bonchev–Trinajstić information content (AvgIpc) is 3.62. The summed E-state index contributed by atoms with van der Waals surface area (Å²) >= 11 is 1.48. The van der Waals surface area contributed by atoms with Crippen LogP contribution in [0.3, 0.4) is 0 Å². The fourth-order valence-electron chi connectivity index (χ4n) is 5.29. The Morgan fingerprint density at radius 2 is 1.65 bits per heavy atom. The van der Waals surface area contributed by atoms with Gasteiger partial charge in [-0.2, -0.15) is 17.6 Å². The smallest absolute Gasteiger partial charge is 0.430 e. The van der Waals surface area contributed by atoms with Gasteiger partial charge >= 0.3 is 23.1 Å². The lowest BCUT2D eigenvalue weighted by Gasteiger charge is -2.29. The highest BCUT2D eigenvalue weighted by molar-refractivity contribution is 7.16. The number of urea groups is 1. The standard InChI is InChI=1S/C34H34N6O7S.C2HF3O2/c1-21(2)47-32(43)24-10-12-26(13-11-24)36-33(44)39(30(31(35)42)16-23-8-14-28(41)15-9-23)20-27-19-37-17-22(3)48-34(37)38(27)18-25-6-4-5-7-29(25)40(45)46;3-2(4,5)1(6)7/h4-15,17,19,21,30H,16,18,20H2,1-3H3,(H3-,35,36,41,42,43,44);(H,6,7)/t30-;/m0./s1. The highest BCUT2D eigenvalue weighted by Gasteiger charge is 2.33. The number of thiazole rings is 1. The molecule has 0 fully saturated rings. The van der Waals surface area contributed by atoms with Gasteiger partial charge in [-0.05, 0) is 68.8 Å². The minimum atomic E-state index is -5.19. The maximum absolute atomic E-state index is 14.1. The Hall–Kier alpha value is -6.50. The van der Waals surface area contributed by atoms with E-state index in [-0.39, 0.29) is 37.1 Å². The van der Waals surface area contributed by atoms with Crippen molar-refractivity contribution < 1.29 is 56.6 Å². The number of hydrogen-bond donors (Lipinski definition) is 3. The molecule has 0 saturated carbocycles. The van der Waals surface area contributed by atoms with E-state index < -0.39 is 41.0 Å². The van der Waals surface area contributed by atoms with Crippen LogP contribution in [0.1, 0.15) is 45.9 Å². The second-order valence-electron chi connectivity index (χ2n) is 12.3. The molecule has 0 radical (unpaired) electrons. The molecular weight excluding hydrogens is 749 g/mol. The molecule has 2 heterocycles. The number of aliphatic carboxylic acids is 1. The first-order valence-corrected chi connectivity index (χ1v) is 17.1. The number of benzene rings is 3. The highest BCUT2D eigenvalue weighted by atomic mass is 32.1. The highest BCUT2D eigenvalue weighted by Crippen LogP contribution is 2.25. The summed E-state index contributed by atoms with van der Waals surface area (Å²) in [7, 11) is 0. The number of imidazole rings is 1. The van der Waals surface area contributed by atoms with E-state index in [2.05, 4.69) is 5.32 Å². The first-order valence-electron chi connectivity index (χ1n) is 16.3. The lowest BCUT2D eigenvalue weighted by atomic mass is 10.0. The molecule has 0 aliphatic carbocycles. The van der Waals surface area contributed by atoms with Gasteiger partial charge in [-0.3, -0.25) is 14.9 Å². The summed E-state index contributed by atoms with van der Waals surface area (Å²) in [4.78, 5) is 62.7. The first kappa shape index (κ1) is 41.3. The van der Waals surface area contributed by atoms with Crippen molar-refractivity contribution in [1.82, 2.24) is 9.47 Å². The number of rotatable bonds is 12. The van der Waals surface area contributed by atoms with Gasteiger partial charge in [0, 0.05) is 23.1 Å². The topological polar surface area (TPSA) is 214 Å². The van der Waals surface area contributed by atoms with Gasteiger partial charge in [0.1, 0.15) is 36.7 Å². The number of anilines is 1. The number of aromatic hydroxyl groups is 1. The number of fused-ring (bicyclic) bond motifs is 1. The number of amides is 3. The molecule has 3 aromatic carbocycles. The number of halogens is 3. The molecule has 2 aromatic heterocycles. The Labute approximate surface area is 315 Å². The van der Waals surface area contributed by atoms with Crippen LogP contribution in [0, 0.1) is 17.0 Å². The maximum atomic E-state index is 14.1. The van der Waals surface area contributed by atoms with Crippen LogP contribution in [0.5, 0.6) is 5.75 Å². The van der Waals surface area contributed by atoms with Gasteiger partial charge < -0.3 is 35.7 Å². The summed E-state index contributed by atoms with van der Waals surface area (Å²) in [6.07, 6.45) is -1.71. The van der Waals surface area contributed by atoms with Gasteiger partial charge in [-0.15, -0.1) is 0 Å². The van der Waals surface area contributed by atoms with E-state index in [0.29, 0.717) is 28.1 Å². The summed E-state index contributed by atoms with van der Waals surface area (Å²) in [5, 5.41) is 33.2. The van der Waals surface area contributed by atoms with Crippen LogP contribution in [0.25, 0.3) is 4.96 Å². The van der Waals surface area contributed by atoms with Crippen LogP contribution in [0.2, 0.25) is 0 Å². The number of aromatic nitrogens is 2. The minimum absolute atomic E-state index is 0.0405. The molecule has 3 amide bonds. The van der Waals surface area contributed by atoms with E-state index in [1.807, 2.05) is 28.3 Å². The van der Waals surface area contributed by atoms with E-state index in [9.17, 15) is 42.8 Å². The van der Waals surface area contributed by atoms with Crippen molar-refractivity contribution in [2.45, 2.75) is 58.6 Å². The first-order chi connectivity index (χ1) is 25.8. The number of aryl methyl sites for hydroxylation is 1. The predicted octanol–water partition coefficient (Wildman–Crippen LogP) is 4.25. The van der Waals surface area contributed by atoms with Gasteiger partial charge in [0.2, 0.25) is 5.91 Å². The Balaban J connectivity index is 0.000000876. The zero-order valence-corrected chi connectivity index (χ0v) is 30.3. The van der Waals surface area contributed by atoms with Crippen molar-refractivity contribution in [2.24, 2.45) is 5.73 Å². The number of carboxylic acids is 1. The summed E-state index contributed by atoms with van der Waals surface area (Å²) in [6.45, 7) is 5.47. The fourth-order valence-corrected chi connectivity index (χ4v) is 6.24. The van der Waals surface area contributed by atoms with E-state index in [4.69, 9.17) is 20.4 Å². The van der Waals surface area contributed by atoms with Crippen molar-refractivity contribution in [3.05, 3.63) is 123 Å². The fraction of sp³-hybridized carbons (Fsp3) is 0.250. The number of carbonyl (C=O) groups excluding carboxylic acids is 4. The van der Waals surface area contributed by atoms with Crippen molar-refractivity contribution in [3.8, 4) is 5.75 Å². The lowest BCUT2D eigenvalue weighted by Crippen LogP contribution is -2.50. The molecule has 0 saturated heterocycles. The molecule has 0 aliphatic heterocycles. The number of primary amides is 1. The summed E-state index contributed by atoms with van der Waals surface area (Å²) < 4.78 is 40.6. The van der Waals surface area contributed by atoms with Gasteiger partial charge in [-0.1, -0.05) is 35.6 Å². The Morgan fingerprint density at radius 3 is 2.22 bits per heavy atom. The third-order valence-electron chi connectivity index (χ3n) is 7.79. The number of alkyl halides is 3. The third-order valence-corrected chi connectivity index (χ3v) is 8.83. The van der Waals surface area contributed by atoms with Crippen LogP contribution >= 0.6 is 11.3 Å². The van der Waals surface area contributed by atoms with Crippen molar-refractivity contribution in [3.63, 3.8) is 0 Å². The summed E-state index contributed by atoms with van der Waals surface area (Å²) in [5.41, 5.74) is 8.28. The van der Waals surface area contributed by atoms with Gasteiger partial charge in [0.25, 0.3) is 5.69 Å². The number of nitrogens with two attached hydrogens (primary N) is 1. The van der Waals surface area contributed by atoms with E-state index in [1.165, 1.54) is 46.6 Å². The van der Waals surface area contributed by atoms with Gasteiger partial charge in [0.05, 0.1) is 28.7 Å². The number of carboxylic acid groups (broad SMARTS) is 1. The lowest BCUT2D eigenvalue weighted by molar-refractivity contribution is -0.506. The third kappa shape index (κ3) is 11.0. The molecule has 19 heteroatoms. The van der Waals surface area contributed by atoms with Crippen LogP contribution in [-0.4, -0.2) is 61.7 Å². The number of nitrogens with zero attached hydrogens (tertiary/aromatic N) is 4. The average molecular weight is 785 g/mol. The number of nitro benzene ring substituents is 1. The quantitative estimate of drug-likeness (QED) is 0.0713. The molecule has 0 bridgehead atoms. The number of nitrogens with one attached hydrogen (secondary N) is 1. The number of phenolic OH excluding ortho intramolecular Hbond substituents is 1. The Morgan fingerprint density at radius 1 is 1.04 bits per heavy atom. The van der Waals surface area contributed by atoms with E-state index in [1.54, 1.807) is 56.3 Å². The largest absolute Gasteiger partial charge is 0.542 e. The number of nitro groups is 1. The molecule has 290 valence electrons. The Bertz CT molecular complexity index is 2190. The van der Waals surface area contributed by atoms with Crippen molar-refractivity contribution in [2.75, 3.05) is 5.32 Å². The summed E-state index contributed by atoms with van der Waals surface area (Å²) in [6, 6.07) is 17.1. The maximum Gasteiger partial charge on any atom is 0.430 e. The van der Waals surface area contributed by atoms with Crippen molar-refractivity contribution in [1.29, 1.82) is 0 Å². The molecule has 55 heavy (non-hydrogen) atoms. The molecular formula is C36H35F3N6O9S. The molecule has 0 spiro atoms. The molecule has 0 aliphatic rings. The Kier molecular flexibility index (Phi) is 13.2. The number of esters is 1. The monoisotopic (exact) mass is 784 g/mol. The SMILES string of the molecule is Cc1c[n+]2cc(CN(C(=O)Nc3ccc(C(=O)OC(C)C)cc3)[C@@H](Cc3ccc(O)cc3)C(N)=O)n(Cc3ccccc3[N+](=O)[O-])c2s1.O=C([O-])C(F)(F)F. The summed E-state index contributed by atoms with van der Waals surface area (Å²) in [5.74, 6) is -4.22. The number of phenols is 1. The van der Waals surface area contributed by atoms with Crippen molar-refractivity contribution >= 4 is 51.5 Å². The zero-order valence-electron chi connectivity index (χ0n) is 29.5.